The van der Waals surface area contributed by atoms with Crippen LogP contribution >= 0.6 is 0 Å². The van der Waals surface area contributed by atoms with Crippen LogP contribution in [-0.2, 0) is 0 Å². The predicted octanol–water partition coefficient (Wildman–Crippen LogP) is 6.82. The number of hydrogen-bond donors (Lipinski definition) is 0. The molecule has 1 aliphatic heterocycles. The molecule has 1 heterocycles. The second kappa shape index (κ2) is 8.68. The van der Waals surface area contributed by atoms with Crippen LogP contribution in [0, 0.1) is 0 Å². The van der Waals surface area contributed by atoms with Gasteiger partial charge in [-0.1, -0.05) is 85.5 Å². The van der Waals surface area contributed by atoms with Gasteiger partial charge in [-0.05, 0) is 42.4 Å². The van der Waals surface area contributed by atoms with Crippen molar-refractivity contribution in [1.29, 1.82) is 0 Å². The van der Waals surface area contributed by atoms with Crippen LogP contribution < -0.4 is 4.90 Å². The molecular weight excluding hydrogens is 314 g/mol. The lowest BCUT2D eigenvalue weighted by molar-refractivity contribution is 1.20. The number of para-hydroxylation sites is 1. The van der Waals surface area contributed by atoms with E-state index in [1.165, 1.54) is 11.1 Å². The van der Waals surface area contributed by atoms with Crippen molar-refractivity contribution in [1.82, 2.24) is 0 Å². The lowest BCUT2D eigenvalue weighted by Crippen LogP contribution is -2.15. The van der Waals surface area contributed by atoms with Crippen LogP contribution in [0.3, 0.4) is 0 Å². The Morgan fingerprint density at radius 1 is 0.885 bits per heavy atom. The minimum absolute atomic E-state index is 0.969. The fourth-order valence-electron chi connectivity index (χ4n) is 2.87. The zero-order valence-corrected chi connectivity index (χ0v) is 15.0. The Morgan fingerprint density at radius 3 is 2.46 bits per heavy atom. The molecule has 0 unspecified atom stereocenters. The molecule has 3 rings (SSSR count). The number of rotatable bonds is 4. The van der Waals surface area contributed by atoms with Crippen LogP contribution in [0.2, 0.25) is 0 Å². The van der Waals surface area contributed by atoms with Gasteiger partial charge in [0.05, 0.1) is 5.69 Å². The molecule has 2 aromatic carbocycles. The summed E-state index contributed by atoms with van der Waals surface area (Å²) in [7, 11) is 0. The highest BCUT2D eigenvalue weighted by Gasteiger charge is 2.13. The van der Waals surface area contributed by atoms with Crippen LogP contribution in [0.4, 0.5) is 5.69 Å². The smallest absolute Gasteiger partial charge is 0.0533 e. The molecule has 128 valence electrons. The van der Waals surface area contributed by atoms with Gasteiger partial charge in [-0.3, -0.25) is 0 Å². The third-order valence-electron chi connectivity index (χ3n) is 4.09. The summed E-state index contributed by atoms with van der Waals surface area (Å²) < 4.78 is 0. The summed E-state index contributed by atoms with van der Waals surface area (Å²) >= 11 is 0. The summed E-state index contributed by atoms with van der Waals surface area (Å²) in [5.74, 6) is 0. The SMILES string of the molecule is C=C1/C=C\C=C/N(c2ccccc2-c2ccccc2)C(/C=C\C=C/C)=C\1. The second-order valence-electron chi connectivity index (χ2n) is 5.98. The molecule has 1 nitrogen and oxygen atoms in total. The van der Waals surface area contributed by atoms with Crippen molar-refractivity contribution in [2.24, 2.45) is 0 Å². The zero-order valence-electron chi connectivity index (χ0n) is 15.0. The maximum atomic E-state index is 4.13. The monoisotopic (exact) mass is 337 g/mol. The van der Waals surface area contributed by atoms with E-state index in [0.29, 0.717) is 0 Å². The van der Waals surface area contributed by atoms with Crippen molar-refractivity contribution in [2.45, 2.75) is 6.92 Å². The van der Waals surface area contributed by atoms with E-state index in [9.17, 15) is 0 Å². The van der Waals surface area contributed by atoms with Gasteiger partial charge < -0.3 is 4.90 Å². The number of nitrogens with zero attached hydrogens (tertiary/aromatic N) is 1. The summed E-state index contributed by atoms with van der Waals surface area (Å²) in [6.07, 6.45) is 18.5. The third-order valence-corrected chi connectivity index (χ3v) is 4.09. The molecule has 0 atom stereocenters. The summed E-state index contributed by atoms with van der Waals surface area (Å²) in [5.41, 5.74) is 5.56. The Morgan fingerprint density at radius 2 is 1.65 bits per heavy atom. The molecule has 0 saturated carbocycles. The molecule has 0 spiro atoms. The van der Waals surface area contributed by atoms with E-state index in [0.717, 1.165) is 17.0 Å². The van der Waals surface area contributed by atoms with Crippen molar-refractivity contribution in [3.63, 3.8) is 0 Å². The summed E-state index contributed by atoms with van der Waals surface area (Å²) in [6, 6.07) is 18.9. The average Bonchev–Trinajstić information content (AvgIpc) is 2.67. The van der Waals surface area contributed by atoms with Gasteiger partial charge in [0, 0.05) is 17.5 Å². The number of anilines is 1. The van der Waals surface area contributed by atoms with Gasteiger partial charge in [0.15, 0.2) is 0 Å². The van der Waals surface area contributed by atoms with Crippen molar-refractivity contribution in [2.75, 3.05) is 4.90 Å². The van der Waals surface area contributed by atoms with E-state index < -0.39 is 0 Å². The molecule has 1 aliphatic rings. The highest BCUT2D eigenvalue weighted by molar-refractivity contribution is 5.81. The highest BCUT2D eigenvalue weighted by atomic mass is 15.1. The van der Waals surface area contributed by atoms with Gasteiger partial charge in [-0.15, -0.1) is 0 Å². The van der Waals surface area contributed by atoms with Gasteiger partial charge in [0.1, 0.15) is 0 Å². The molecule has 0 bridgehead atoms. The maximum Gasteiger partial charge on any atom is 0.0533 e. The molecule has 0 aromatic heterocycles. The summed E-state index contributed by atoms with van der Waals surface area (Å²) in [5, 5.41) is 0. The first-order valence-electron chi connectivity index (χ1n) is 8.78. The molecule has 0 saturated heterocycles. The minimum Gasteiger partial charge on any atom is -0.317 e. The first kappa shape index (κ1) is 17.5. The fourth-order valence-corrected chi connectivity index (χ4v) is 2.87. The fraction of sp³-hybridized carbons (Fsp3) is 0.0400. The number of allylic oxidation sites excluding steroid dienone is 9. The second-order valence-corrected chi connectivity index (χ2v) is 5.98. The van der Waals surface area contributed by atoms with Crippen molar-refractivity contribution in [3.8, 4) is 11.1 Å². The Kier molecular flexibility index (Phi) is 5.84. The van der Waals surface area contributed by atoms with Crippen LogP contribution in [-0.4, -0.2) is 0 Å². The quantitative estimate of drug-likeness (QED) is 0.553. The third kappa shape index (κ3) is 4.20. The molecular formula is C25H23N. The zero-order chi connectivity index (χ0) is 18.2. The van der Waals surface area contributed by atoms with Crippen LogP contribution in [0.25, 0.3) is 11.1 Å². The molecule has 0 amide bonds. The molecule has 0 radical (unpaired) electrons. The first-order valence-corrected chi connectivity index (χ1v) is 8.78. The van der Waals surface area contributed by atoms with Crippen LogP contribution in [0.1, 0.15) is 6.92 Å². The lowest BCUT2D eigenvalue weighted by Gasteiger charge is -2.25. The Hall–Kier alpha value is -3.32. The Balaban J connectivity index is 2.13. The van der Waals surface area contributed by atoms with Crippen molar-refractivity contribution in [3.05, 3.63) is 127 Å². The average molecular weight is 337 g/mol. The van der Waals surface area contributed by atoms with E-state index in [1.807, 2.05) is 43.4 Å². The Bertz CT molecular complexity index is 908. The number of hydrogen-bond acceptors (Lipinski definition) is 1. The van der Waals surface area contributed by atoms with Gasteiger partial charge >= 0.3 is 0 Å². The molecule has 0 N–H and O–H groups in total. The normalized spacial score (nSPS) is 19.2. The van der Waals surface area contributed by atoms with E-state index in [1.54, 1.807) is 0 Å². The van der Waals surface area contributed by atoms with Gasteiger partial charge in [-0.2, -0.15) is 0 Å². The minimum atomic E-state index is 0.969. The highest BCUT2D eigenvalue weighted by Crippen LogP contribution is 2.34. The van der Waals surface area contributed by atoms with E-state index >= 15 is 0 Å². The standard InChI is InChI=1S/C25H23N/c1-3-4-6-16-23-20-21(2)13-11-12-19-26(23)25-18-10-9-17-24(25)22-14-7-5-8-15-22/h3-20H,2H2,1H3/b4-3-,13-11-,16-6-,19-12-,23-20-. The van der Waals surface area contributed by atoms with Crippen LogP contribution in [0.15, 0.2) is 127 Å². The molecule has 2 aromatic rings. The largest absolute Gasteiger partial charge is 0.317 e. The van der Waals surface area contributed by atoms with Crippen LogP contribution in [0.5, 0.6) is 0 Å². The maximum absolute atomic E-state index is 4.13. The topological polar surface area (TPSA) is 3.24 Å². The van der Waals surface area contributed by atoms with E-state index in [-0.39, 0.29) is 0 Å². The van der Waals surface area contributed by atoms with Gasteiger partial charge in [0.2, 0.25) is 0 Å². The van der Waals surface area contributed by atoms with E-state index in [4.69, 9.17) is 0 Å². The van der Waals surface area contributed by atoms with E-state index in [2.05, 4.69) is 84.4 Å². The first-order chi connectivity index (χ1) is 12.8. The number of benzene rings is 2. The molecule has 0 aliphatic carbocycles. The van der Waals surface area contributed by atoms with Crippen molar-refractivity contribution < 1.29 is 0 Å². The van der Waals surface area contributed by atoms with Gasteiger partial charge in [-0.25, -0.2) is 0 Å². The molecule has 26 heavy (non-hydrogen) atoms. The predicted molar refractivity (Wildman–Crippen MR) is 114 cm³/mol. The van der Waals surface area contributed by atoms with Gasteiger partial charge in [0.25, 0.3) is 0 Å². The van der Waals surface area contributed by atoms with Crippen molar-refractivity contribution >= 4 is 5.69 Å². The summed E-state index contributed by atoms with van der Waals surface area (Å²) in [6.45, 7) is 6.14. The molecule has 1 heteroatoms. The lowest BCUT2D eigenvalue weighted by atomic mass is 10.0. The summed E-state index contributed by atoms with van der Waals surface area (Å²) in [4.78, 5) is 2.21. The molecule has 0 fully saturated rings. The Labute approximate surface area is 156 Å².